The molecule has 230 valence electrons. The third kappa shape index (κ3) is 9.09. The van der Waals surface area contributed by atoms with E-state index in [1.165, 1.54) is 0 Å². The Hall–Kier alpha value is -3.80. The molecule has 11 nitrogen and oxygen atoms in total. The molecule has 2 aliphatic heterocycles. The number of ether oxygens (including phenoxy) is 3. The second-order valence-electron chi connectivity index (χ2n) is 11.1. The maximum atomic E-state index is 13.7. The molecule has 0 aromatic heterocycles. The van der Waals surface area contributed by atoms with Crippen LogP contribution in [0.5, 0.6) is 0 Å². The Labute approximate surface area is 252 Å². The van der Waals surface area contributed by atoms with Crippen LogP contribution in [0.15, 0.2) is 65.7 Å². The highest BCUT2D eigenvalue weighted by Crippen LogP contribution is 2.21. The van der Waals surface area contributed by atoms with Crippen molar-refractivity contribution in [1.82, 2.24) is 20.9 Å². The Bertz CT molecular complexity index is 1230. The number of carbonyl (C=O) groups is 3. The van der Waals surface area contributed by atoms with E-state index in [-0.39, 0.29) is 30.9 Å². The van der Waals surface area contributed by atoms with Crippen LogP contribution < -0.4 is 16.0 Å². The number of guanidine groups is 1. The van der Waals surface area contributed by atoms with Gasteiger partial charge in [-0.1, -0.05) is 60.7 Å². The number of rotatable bonds is 10. The van der Waals surface area contributed by atoms with E-state index in [1.54, 1.807) is 0 Å². The summed E-state index contributed by atoms with van der Waals surface area (Å²) in [5.41, 5.74) is 2.01. The Morgan fingerprint density at radius 1 is 0.977 bits per heavy atom. The van der Waals surface area contributed by atoms with Crippen molar-refractivity contribution in [2.75, 3.05) is 39.5 Å². The number of hydrogen-bond acceptors (Lipinski definition) is 8. The highest BCUT2D eigenvalue weighted by atomic mass is 16.6. The normalized spacial score (nSPS) is 21.9. The van der Waals surface area contributed by atoms with Crippen molar-refractivity contribution in [2.24, 2.45) is 4.99 Å². The zero-order valence-corrected chi connectivity index (χ0v) is 24.4. The lowest BCUT2D eigenvalue weighted by Gasteiger charge is -2.30. The molecule has 3 fully saturated rings. The van der Waals surface area contributed by atoms with Crippen LogP contribution in [0, 0.1) is 0 Å². The average Bonchev–Trinajstić information content (AvgIpc) is 3.67. The first-order valence-corrected chi connectivity index (χ1v) is 15.2. The number of nitrogens with one attached hydrogen (secondary N) is 3. The molecule has 3 N–H and O–H groups in total. The zero-order valence-electron chi connectivity index (χ0n) is 24.4. The molecule has 1 saturated carbocycles. The standard InChI is InChI=1S/C32H41N5O6/c38-29-27(22-42-28(29)21-33-20-24-11-5-2-6-12-24)34-30(39)26(19-23-9-3-1-4-10-23)35-31(37-15-17-41-18-16-37)36-32(40)43-25-13-7-8-14-25/h1-6,9-12,25-28,33H,7-8,13-22H2,(H,34,39)(H,35,36,40). The summed E-state index contributed by atoms with van der Waals surface area (Å²) in [6.07, 6.45) is 2.70. The summed E-state index contributed by atoms with van der Waals surface area (Å²) >= 11 is 0. The van der Waals surface area contributed by atoms with Gasteiger partial charge >= 0.3 is 6.09 Å². The minimum Gasteiger partial charge on any atom is -0.446 e. The van der Waals surface area contributed by atoms with Crippen LogP contribution in [0.1, 0.15) is 36.8 Å². The monoisotopic (exact) mass is 591 g/mol. The highest BCUT2D eigenvalue weighted by Gasteiger charge is 2.37. The van der Waals surface area contributed by atoms with E-state index < -0.39 is 30.2 Å². The van der Waals surface area contributed by atoms with Gasteiger partial charge < -0.3 is 29.7 Å². The van der Waals surface area contributed by atoms with Crippen LogP contribution >= 0.6 is 0 Å². The van der Waals surface area contributed by atoms with Crippen molar-refractivity contribution in [1.29, 1.82) is 0 Å². The first kappa shape index (κ1) is 30.7. The second-order valence-corrected chi connectivity index (χ2v) is 11.1. The number of benzene rings is 2. The quantitative estimate of drug-likeness (QED) is 0.283. The van der Waals surface area contributed by atoms with Crippen LogP contribution in [0.2, 0.25) is 0 Å². The van der Waals surface area contributed by atoms with Gasteiger partial charge in [-0.15, -0.1) is 0 Å². The minimum absolute atomic E-state index is 0.0896. The molecule has 2 saturated heterocycles. The lowest BCUT2D eigenvalue weighted by molar-refractivity contribution is -0.128. The zero-order chi connectivity index (χ0) is 29.9. The predicted octanol–water partition coefficient (Wildman–Crippen LogP) is 2.20. The molecule has 2 aromatic carbocycles. The summed E-state index contributed by atoms with van der Waals surface area (Å²) in [7, 11) is 0. The van der Waals surface area contributed by atoms with Crippen molar-refractivity contribution in [2.45, 2.75) is 62.9 Å². The van der Waals surface area contributed by atoms with Crippen LogP contribution in [-0.2, 0) is 36.8 Å². The topological polar surface area (TPSA) is 131 Å². The van der Waals surface area contributed by atoms with Crippen molar-refractivity contribution in [3.05, 3.63) is 71.8 Å². The van der Waals surface area contributed by atoms with Crippen LogP contribution in [0.4, 0.5) is 4.79 Å². The van der Waals surface area contributed by atoms with Gasteiger partial charge in [0.2, 0.25) is 11.9 Å². The van der Waals surface area contributed by atoms with E-state index in [2.05, 4.69) is 16.0 Å². The fourth-order valence-electron chi connectivity index (χ4n) is 5.51. The number of amides is 2. The lowest BCUT2D eigenvalue weighted by atomic mass is 10.0. The number of hydrogen-bond donors (Lipinski definition) is 3. The summed E-state index contributed by atoms with van der Waals surface area (Å²) in [4.78, 5) is 46.4. The summed E-state index contributed by atoms with van der Waals surface area (Å²) < 4.78 is 16.9. The van der Waals surface area contributed by atoms with Crippen molar-refractivity contribution < 1.29 is 28.6 Å². The van der Waals surface area contributed by atoms with Gasteiger partial charge in [0, 0.05) is 32.6 Å². The molecule has 2 heterocycles. The van der Waals surface area contributed by atoms with Crippen LogP contribution in [0.25, 0.3) is 0 Å². The molecule has 2 aromatic rings. The van der Waals surface area contributed by atoms with Crippen LogP contribution in [-0.4, -0.2) is 92.4 Å². The molecule has 11 heteroatoms. The van der Waals surface area contributed by atoms with Crippen molar-refractivity contribution >= 4 is 23.7 Å². The third-order valence-electron chi connectivity index (χ3n) is 7.90. The third-order valence-corrected chi connectivity index (χ3v) is 7.90. The van der Waals surface area contributed by atoms with E-state index >= 15 is 0 Å². The molecule has 3 atom stereocenters. The van der Waals surface area contributed by atoms with E-state index in [0.717, 1.165) is 36.8 Å². The van der Waals surface area contributed by atoms with Crippen molar-refractivity contribution in [3.8, 4) is 0 Å². The molecule has 3 unspecified atom stereocenters. The fraction of sp³-hybridized carbons (Fsp3) is 0.500. The summed E-state index contributed by atoms with van der Waals surface area (Å²) in [6, 6.07) is 17.8. The average molecular weight is 592 g/mol. The number of Topliss-reactive ketones (excluding diaryl/α,β-unsaturated/α-hetero) is 1. The van der Waals surface area contributed by atoms with Crippen molar-refractivity contribution in [3.63, 3.8) is 0 Å². The maximum Gasteiger partial charge on any atom is 0.414 e. The number of nitrogens with zero attached hydrogens (tertiary/aromatic N) is 2. The Morgan fingerprint density at radius 2 is 1.65 bits per heavy atom. The largest absolute Gasteiger partial charge is 0.446 e. The van der Waals surface area contributed by atoms with Gasteiger partial charge in [-0.2, -0.15) is 0 Å². The van der Waals surface area contributed by atoms with E-state index in [1.807, 2.05) is 65.6 Å². The highest BCUT2D eigenvalue weighted by molar-refractivity contribution is 5.98. The Balaban J connectivity index is 1.27. The lowest BCUT2D eigenvalue weighted by Crippen LogP contribution is -2.52. The molecule has 0 spiro atoms. The van der Waals surface area contributed by atoms with Crippen LogP contribution in [0.3, 0.4) is 0 Å². The molecule has 43 heavy (non-hydrogen) atoms. The SMILES string of the molecule is O=C(NC(=NC(Cc1ccccc1)C(=O)NC1COC(CNCc2ccccc2)C1=O)N1CCOCC1)OC1CCCC1. The summed E-state index contributed by atoms with van der Waals surface area (Å²) in [6.45, 7) is 3.01. The van der Waals surface area contributed by atoms with Gasteiger partial charge in [0.15, 0.2) is 5.78 Å². The van der Waals surface area contributed by atoms with Gasteiger partial charge in [-0.25, -0.2) is 9.79 Å². The predicted molar refractivity (Wildman–Crippen MR) is 160 cm³/mol. The van der Waals surface area contributed by atoms with Gasteiger partial charge in [0.1, 0.15) is 24.3 Å². The smallest absolute Gasteiger partial charge is 0.414 e. The maximum absolute atomic E-state index is 13.7. The molecule has 2 amide bonds. The molecule has 0 bridgehead atoms. The van der Waals surface area contributed by atoms with Gasteiger partial charge in [-0.05, 0) is 36.8 Å². The molecule has 3 aliphatic rings. The molecule has 1 aliphatic carbocycles. The molecule has 5 rings (SSSR count). The summed E-state index contributed by atoms with van der Waals surface area (Å²) in [5.74, 6) is -0.331. The Kier molecular flexibility index (Phi) is 11.1. The number of ketones is 1. The summed E-state index contributed by atoms with van der Waals surface area (Å²) in [5, 5.41) is 8.94. The van der Waals surface area contributed by atoms with Gasteiger partial charge in [-0.3, -0.25) is 14.9 Å². The van der Waals surface area contributed by atoms with E-state index in [4.69, 9.17) is 19.2 Å². The molecular formula is C32H41N5O6. The fourth-order valence-corrected chi connectivity index (χ4v) is 5.51. The second kappa shape index (κ2) is 15.6. The number of alkyl carbamates (subject to hydrolysis) is 1. The minimum atomic E-state index is -0.907. The first-order chi connectivity index (χ1) is 21.0. The van der Waals surface area contributed by atoms with E-state index in [9.17, 15) is 14.4 Å². The number of carbonyl (C=O) groups excluding carboxylic acids is 3. The first-order valence-electron chi connectivity index (χ1n) is 15.2. The molecular weight excluding hydrogens is 550 g/mol. The number of morpholine rings is 1. The number of aliphatic imine (C=N–C) groups is 1. The van der Waals surface area contributed by atoms with Gasteiger partial charge in [0.25, 0.3) is 0 Å². The Morgan fingerprint density at radius 3 is 2.35 bits per heavy atom. The van der Waals surface area contributed by atoms with Gasteiger partial charge in [0.05, 0.1) is 19.8 Å². The molecule has 0 radical (unpaired) electrons. The van der Waals surface area contributed by atoms with E-state index in [0.29, 0.717) is 39.4 Å².